The van der Waals surface area contributed by atoms with Gasteiger partial charge in [0.05, 0.1) is 16.8 Å². The van der Waals surface area contributed by atoms with Crippen LogP contribution in [0.5, 0.6) is 5.75 Å². The molecule has 30 heavy (non-hydrogen) atoms. The number of aromatic nitrogens is 1. The van der Waals surface area contributed by atoms with Crippen LogP contribution in [-0.4, -0.2) is 10.8 Å². The molecule has 0 fully saturated rings. The highest BCUT2D eigenvalue weighted by atomic mass is 19.1. The van der Waals surface area contributed by atoms with Gasteiger partial charge in [0.25, 0.3) is 0 Å². The van der Waals surface area contributed by atoms with E-state index in [0.717, 1.165) is 17.2 Å². The van der Waals surface area contributed by atoms with Crippen molar-refractivity contribution in [2.75, 3.05) is 0 Å². The highest BCUT2D eigenvalue weighted by Crippen LogP contribution is 2.30. The average molecular weight is 399 g/mol. The van der Waals surface area contributed by atoms with E-state index in [9.17, 15) is 13.6 Å². The first-order chi connectivity index (χ1) is 14.6. The molecule has 0 bridgehead atoms. The van der Waals surface area contributed by atoms with Crippen molar-refractivity contribution in [2.24, 2.45) is 0 Å². The van der Waals surface area contributed by atoms with Crippen LogP contribution in [-0.2, 0) is 6.61 Å². The highest BCUT2D eigenvalue weighted by molar-refractivity contribution is 6.12. The van der Waals surface area contributed by atoms with Crippen molar-refractivity contribution in [3.8, 4) is 5.75 Å². The lowest BCUT2D eigenvalue weighted by Crippen LogP contribution is -2.02. The quantitative estimate of drug-likeness (QED) is 0.427. The summed E-state index contributed by atoms with van der Waals surface area (Å²) in [7, 11) is 0. The minimum atomic E-state index is -0.668. The van der Waals surface area contributed by atoms with Gasteiger partial charge in [0, 0.05) is 28.6 Å². The molecule has 0 aliphatic carbocycles. The van der Waals surface area contributed by atoms with Crippen LogP contribution in [0.1, 0.15) is 32.7 Å². The van der Waals surface area contributed by atoms with E-state index in [-0.39, 0.29) is 16.7 Å². The molecule has 1 aromatic heterocycles. The number of hydrogen-bond acceptors (Lipinski definition) is 3. The van der Waals surface area contributed by atoms with Gasteiger partial charge in [-0.2, -0.15) is 0 Å². The largest absolute Gasteiger partial charge is 0.488 e. The van der Waals surface area contributed by atoms with Crippen molar-refractivity contribution >= 4 is 28.8 Å². The van der Waals surface area contributed by atoms with Crippen molar-refractivity contribution in [2.45, 2.75) is 6.61 Å². The number of hydrogen-bond donors (Lipinski definition) is 0. The topological polar surface area (TPSA) is 39.2 Å². The first-order valence-electron chi connectivity index (χ1n) is 9.42. The maximum Gasteiger partial charge on any atom is 0.197 e. The number of ether oxygens (including phenoxy) is 1. The van der Waals surface area contributed by atoms with E-state index in [1.54, 1.807) is 42.5 Å². The molecule has 0 saturated heterocycles. The fourth-order valence-corrected chi connectivity index (χ4v) is 3.57. The second-order valence-electron chi connectivity index (χ2n) is 7.05. The summed E-state index contributed by atoms with van der Waals surface area (Å²) in [5.41, 5.74) is 3.58. The van der Waals surface area contributed by atoms with Gasteiger partial charge in [-0.1, -0.05) is 36.4 Å². The SMILES string of the molecule is O=C1c2ccccc2COc2ccc(/C=C/c3ccc4c(F)cc(F)cc4n3)cc21. The number of carbonyl (C=O) groups excluding carboxylic acids is 1. The number of benzene rings is 3. The maximum atomic E-state index is 13.8. The van der Waals surface area contributed by atoms with E-state index in [1.807, 2.05) is 24.3 Å². The summed E-state index contributed by atoms with van der Waals surface area (Å²) < 4.78 is 33.1. The summed E-state index contributed by atoms with van der Waals surface area (Å²) in [6.45, 7) is 0.345. The molecule has 0 radical (unpaired) electrons. The van der Waals surface area contributed by atoms with Gasteiger partial charge in [-0.3, -0.25) is 4.79 Å². The minimum absolute atomic E-state index is 0.0804. The lowest BCUT2D eigenvalue weighted by molar-refractivity contribution is 0.103. The van der Waals surface area contributed by atoms with Crippen LogP contribution in [0.15, 0.2) is 66.7 Å². The van der Waals surface area contributed by atoms with Gasteiger partial charge < -0.3 is 4.74 Å². The zero-order chi connectivity index (χ0) is 20.7. The lowest BCUT2D eigenvalue weighted by atomic mass is 9.98. The van der Waals surface area contributed by atoms with E-state index >= 15 is 0 Å². The van der Waals surface area contributed by atoms with Crippen LogP contribution in [0.3, 0.4) is 0 Å². The van der Waals surface area contributed by atoms with Crippen molar-refractivity contribution < 1.29 is 18.3 Å². The molecule has 4 aromatic rings. The number of ketones is 1. The van der Waals surface area contributed by atoms with E-state index in [0.29, 0.717) is 29.2 Å². The van der Waals surface area contributed by atoms with Crippen LogP contribution < -0.4 is 4.74 Å². The van der Waals surface area contributed by atoms with E-state index in [2.05, 4.69) is 4.98 Å². The van der Waals surface area contributed by atoms with Gasteiger partial charge in [0.15, 0.2) is 5.78 Å². The summed E-state index contributed by atoms with van der Waals surface area (Å²) in [4.78, 5) is 17.3. The van der Waals surface area contributed by atoms with Crippen LogP contribution in [0.2, 0.25) is 0 Å². The molecule has 146 valence electrons. The fraction of sp³-hybridized carbons (Fsp3) is 0.0400. The van der Waals surface area contributed by atoms with Crippen molar-refractivity contribution in [3.05, 3.63) is 106 Å². The summed E-state index contributed by atoms with van der Waals surface area (Å²) >= 11 is 0. The zero-order valence-electron chi connectivity index (χ0n) is 15.7. The van der Waals surface area contributed by atoms with Gasteiger partial charge in [-0.05, 0) is 35.9 Å². The molecule has 0 saturated carbocycles. The molecular weight excluding hydrogens is 384 g/mol. The van der Waals surface area contributed by atoms with Crippen molar-refractivity contribution in [1.82, 2.24) is 4.98 Å². The Kier molecular flexibility index (Phi) is 4.36. The summed E-state index contributed by atoms with van der Waals surface area (Å²) in [6.07, 6.45) is 3.54. The zero-order valence-corrected chi connectivity index (χ0v) is 15.7. The number of rotatable bonds is 2. The summed E-state index contributed by atoms with van der Waals surface area (Å²) in [6, 6.07) is 18.1. The molecule has 5 heteroatoms. The average Bonchev–Trinajstić information content (AvgIpc) is 2.89. The Bertz CT molecular complexity index is 1340. The molecule has 2 heterocycles. The lowest BCUT2D eigenvalue weighted by Gasteiger charge is -2.07. The molecule has 3 aromatic carbocycles. The number of pyridine rings is 1. The van der Waals surface area contributed by atoms with Gasteiger partial charge in [-0.15, -0.1) is 0 Å². The molecule has 0 amide bonds. The molecule has 0 N–H and O–H groups in total. The molecule has 1 aliphatic heterocycles. The van der Waals surface area contributed by atoms with Gasteiger partial charge in [-0.25, -0.2) is 13.8 Å². The number of halogens is 2. The number of fused-ring (bicyclic) bond motifs is 3. The van der Waals surface area contributed by atoms with Gasteiger partial charge in [0.1, 0.15) is 24.0 Å². The fourth-order valence-electron chi connectivity index (χ4n) is 3.57. The molecular formula is C25H15F2NO2. The van der Waals surface area contributed by atoms with Crippen LogP contribution in [0, 0.1) is 11.6 Å². The van der Waals surface area contributed by atoms with Crippen LogP contribution in [0.25, 0.3) is 23.1 Å². The monoisotopic (exact) mass is 399 g/mol. The van der Waals surface area contributed by atoms with Gasteiger partial charge in [0.2, 0.25) is 0 Å². The predicted molar refractivity (Wildman–Crippen MR) is 111 cm³/mol. The Hall–Kier alpha value is -3.86. The predicted octanol–water partition coefficient (Wildman–Crippen LogP) is 5.81. The van der Waals surface area contributed by atoms with E-state index in [4.69, 9.17) is 4.74 Å². The molecule has 1 aliphatic rings. The van der Waals surface area contributed by atoms with Crippen LogP contribution in [0.4, 0.5) is 8.78 Å². The van der Waals surface area contributed by atoms with E-state index < -0.39 is 11.6 Å². The summed E-state index contributed by atoms with van der Waals surface area (Å²) in [5, 5.41) is 0.264. The highest BCUT2D eigenvalue weighted by Gasteiger charge is 2.21. The van der Waals surface area contributed by atoms with Gasteiger partial charge >= 0.3 is 0 Å². The summed E-state index contributed by atoms with van der Waals surface area (Å²) in [5.74, 6) is -0.845. The van der Waals surface area contributed by atoms with Crippen molar-refractivity contribution in [1.29, 1.82) is 0 Å². The molecule has 0 spiro atoms. The Balaban J connectivity index is 1.49. The second-order valence-corrected chi connectivity index (χ2v) is 7.05. The van der Waals surface area contributed by atoms with Crippen LogP contribution >= 0.6 is 0 Å². The third-order valence-electron chi connectivity index (χ3n) is 5.08. The molecule has 0 unspecified atom stereocenters. The number of carbonyl (C=O) groups is 1. The molecule has 0 atom stereocenters. The Morgan fingerprint density at radius 2 is 1.77 bits per heavy atom. The second kappa shape index (κ2) is 7.19. The third kappa shape index (κ3) is 3.24. The third-order valence-corrected chi connectivity index (χ3v) is 5.08. The number of nitrogens with zero attached hydrogens (tertiary/aromatic N) is 1. The van der Waals surface area contributed by atoms with Crippen molar-refractivity contribution in [3.63, 3.8) is 0 Å². The standard InChI is InChI=1S/C25H15F2NO2/c26-17-12-22(27)20-9-8-18(28-23(20)13-17)7-5-15-6-10-24-21(11-15)25(29)19-4-2-1-3-16(19)14-30-24/h1-13H,14H2/b7-5+. The van der Waals surface area contributed by atoms with E-state index in [1.165, 1.54) is 6.07 Å². The smallest absolute Gasteiger partial charge is 0.197 e. The first-order valence-corrected chi connectivity index (χ1v) is 9.42. The molecule has 5 rings (SSSR count). The Labute approximate surface area is 171 Å². The first kappa shape index (κ1) is 18.2. The maximum absolute atomic E-state index is 13.8. The Morgan fingerprint density at radius 1 is 0.900 bits per heavy atom. The Morgan fingerprint density at radius 3 is 2.67 bits per heavy atom. The minimum Gasteiger partial charge on any atom is -0.488 e. The molecule has 3 nitrogen and oxygen atoms in total. The normalized spacial score (nSPS) is 13.1.